The number of Topliss-reactive ketones (excluding diaryl/α,β-unsaturated/α-hetero) is 1. The van der Waals surface area contributed by atoms with Gasteiger partial charge in [0.05, 0.1) is 6.04 Å². The predicted octanol–water partition coefficient (Wildman–Crippen LogP) is 2.94. The Labute approximate surface area is 117 Å². The Hall–Kier alpha value is -0.510. The van der Waals surface area contributed by atoms with Crippen molar-refractivity contribution in [1.29, 1.82) is 0 Å². The fourth-order valence-corrected chi connectivity index (χ4v) is 1.72. The average Bonchev–Trinajstić information content (AvgIpc) is 2.20. The van der Waals surface area contributed by atoms with Gasteiger partial charge >= 0.3 is 0 Å². The van der Waals surface area contributed by atoms with Crippen LogP contribution in [0.5, 0.6) is 0 Å². The molecule has 0 fully saturated rings. The Morgan fingerprint density at radius 1 is 1.17 bits per heavy atom. The highest BCUT2D eigenvalue weighted by Gasteiger charge is 2.31. The first kappa shape index (κ1) is 17.5. The first-order chi connectivity index (χ1) is 7.86. The lowest BCUT2D eigenvalue weighted by Gasteiger charge is -2.30. The van der Waals surface area contributed by atoms with Crippen LogP contribution in [0.15, 0.2) is 0 Å². The van der Waals surface area contributed by atoms with E-state index in [0.29, 0.717) is 12.8 Å². The van der Waals surface area contributed by atoms with E-state index >= 15 is 0 Å². The largest absolute Gasteiger partial charge is 0.336 e. The molecule has 0 bridgehead atoms. The van der Waals surface area contributed by atoms with Crippen LogP contribution in [0.4, 0.5) is 0 Å². The Morgan fingerprint density at radius 3 is 1.94 bits per heavy atom. The average molecular weight is 273 g/mol. The van der Waals surface area contributed by atoms with Crippen LogP contribution in [0.2, 0.25) is 0 Å². The third-order valence-electron chi connectivity index (χ3n) is 3.04. The van der Waals surface area contributed by atoms with Crippen LogP contribution in [-0.4, -0.2) is 34.4 Å². The Bertz CT molecular complexity index is 313. The van der Waals surface area contributed by atoms with Crippen molar-refractivity contribution in [2.24, 2.45) is 5.41 Å². The molecule has 0 aromatic heterocycles. The van der Waals surface area contributed by atoms with Crippen LogP contribution in [-0.2, 0) is 9.59 Å². The summed E-state index contributed by atoms with van der Waals surface area (Å²) in [4.78, 5) is 25.7. The van der Waals surface area contributed by atoms with Gasteiger partial charge in [-0.3, -0.25) is 9.59 Å². The Balaban J connectivity index is 4.52. The van der Waals surface area contributed by atoms with Crippen LogP contribution >= 0.6 is 12.6 Å². The van der Waals surface area contributed by atoms with E-state index < -0.39 is 5.41 Å². The highest BCUT2D eigenvalue weighted by atomic mass is 32.1. The molecule has 0 unspecified atom stereocenters. The minimum Gasteiger partial charge on any atom is -0.336 e. The molecule has 0 aromatic rings. The molecule has 0 aliphatic carbocycles. The summed E-state index contributed by atoms with van der Waals surface area (Å²) in [6.07, 6.45) is 1.13. The van der Waals surface area contributed by atoms with Gasteiger partial charge in [-0.15, -0.1) is 0 Å². The molecule has 18 heavy (non-hydrogen) atoms. The standard InChI is InChI=1S/C14H27NO2S/c1-10(12(17)13(2,3)4)15(7)11(16)8-9-14(5,6)18/h10,18H,8-9H2,1-7H3/t10-/m0/s1. The predicted molar refractivity (Wildman–Crippen MR) is 79.0 cm³/mol. The molecule has 106 valence electrons. The molecule has 1 amide bonds. The lowest BCUT2D eigenvalue weighted by molar-refractivity contribution is -0.140. The molecule has 0 radical (unpaired) electrons. The van der Waals surface area contributed by atoms with E-state index in [9.17, 15) is 9.59 Å². The second-order valence-corrected chi connectivity index (χ2v) is 7.82. The second kappa shape index (κ2) is 6.09. The van der Waals surface area contributed by atoms with Crippen LogP contribution in [0, 0.1) is 5.41 Å². The summed E-state index contributed by atoms with van der Waals surface area (Å²) in [7, 11) is 1.70. The quantitative estimate of drug-likeness (QED) is 0.782. The maximum absolute atomic E-state index is 12.1. The van der Waals surface area contributed by atoms with Gasteiger partial charge in [-0.25, -0.2) is 0 Å². The van der Waals surface area contributed by atoms with Gasteiger partial charge in [0.1, 0.15) is 0 Å². The molecular weight excluding hydrogens is 246 g/mol. The highest BCUT2D eigenvalue weighted by molar-refractivity contribution is 7.81. The number of thiol groups is 1. The number of rotatable bonds is 5. The zero-order chi connectivity index (χ0) is 14.7. The van der Waals surface area contributed by atoms with E-state index in [4.69, 9.17) is 0 Å². The molecule has 0 spiro atoms. The molecule has 0 heterocycles. The summed E-state index contributed by atoms with van der Waals surface area (Å²) >= 11 is 4.40. The van der Waals surface area contributed by atoms with Gasteiger partial charge in [0.2, 0.25) is 5.91 Å². The fourth-order valence-electron chi connectivity index (χ4n) is 1.61. The monoisotopic (exact) mass is 273 g/mol. The first-order valence-corrected chi connectivity index (χ1v) is 6.83. The maximum atomic E-state index is 12.1. The van der Waals surface area contributed by atoms with Crippen LogP contribution < -0.4 is 0 Å². The lowest BCUT2D eigenvalue weighted by Crippen LogP contribution is -2.45. The third kappa shape index (κ3) is 5.89. The van der Waals surface area contributed by atoms with Crippen LogP contribution in [0.3, 0.4) is 0 Å². The summed E-state index contributed by atoms with van der Waals surface area (Å²) in [5.74, 6) is 0.0886. The van der Waals surface area contributed by atoms with Crippen LogP contribution in [0.25, 0.3) is 0 Å². The molecule has 4 heteroatoms. The van der Waals surface area contributed by atoms with E-state index in [1.807, 2.05) is 34.6 Å². The van der Waals surface area contributed by atoms with Crippen molar-refractivity contribution >= 4 is 24.3 Å². The zero-order valence-electron chi connectivity index (χ0n) is 12.7. The number of likely N-dealkylation sites (N-methyl/N-ethyl adjacent to an activating group) is 1. The van der Waals surface area contributed by atoms with Gasteiger partial charge in [0.25, 0.3) is 0 Å². The van der Waals surface area contributed by atoms with Crippen molar-refractivity contribution in [3.8, 4) is 0 Å². The molecule has 3 nitrogen and oxygen atoms in total. The minimum absolute atomic E-state index is 0.00206. The summed E-state index contributed by atoms with van der Waals surface area (Å²) in [5.41, 5.74) is -0.420. The number of ketones is 1. The van der Waals surface area contributed by atoms with E-state index in [-0.39, 0.29) is 22.5 Å². The van der Waals surface area contributed by atoms with Gasteiger partial charge in [0, 0.05) is 23.6 Å². The molecule has 0 aliphatic heterocycles. The molecule has 0 saturated heterocycles. The van der Waals surface area contributed by atoms with Gasteiger partial charge in [0.15, 0.2) is 5.78 Å². The third-order valence-corrected chi connectivity index (χ3v) is 3.27. The SMILES string of the molecule is C[C@@H](C(=O)C(C)(C)C)N(C)C(=O)CCC(C)(C)S. The molecule has 0 rings (SSSR count). The Kier molecular flexibility index (Phi) is 5.92. The summed E-state index contributed by atoms with van der Waals surface area (Å²) in [6, 6.07) is -0.375. The minimum atomic E-state index is -0.420. The number of amides is 1. The van der Waals surface area contributed by atoms with E-state index in [1.165, 1.54) is 0 Å². The molecule has 0 aromatic carbocycles. The fraction of sp³-hybridized carbons (Fsp3) is 0.857. The van der Waals surface area contributed by atoms with Crippen molar-refractivity contribution in [2.75, 3.05) is 7.05 Å². The molecule has 0 aliphatic rings. The Morgan fingerprint density at radius 2 is 1.61 bits per heavy atom. The van der Waals surface area contributed by atoms with Gasteiger partial charge < -0.3 is 4.90 Å². The lowest BCUT2D eigenvalue weighted by atomic mass is 9.86. The number of carbonyl (C=O) groups excluding carboxylic acids is 2. The summed E-state index contributed by atoms with van der Waals surface area (Å²) in [6.45, 7) is 11.4. The maximum Gasteiger partial charge on any atom is 0.222 e. The number of hydrogen-bond donors (Lipinski definition) is 1. The summed E-state index contributed by atoms with van der Waals surface area (Å²) < 4.78 is -0.159. The smallest absolute Gasteiger partial charge is 0.222 e. The van der Waals surface area contributed by atoms with Gasteiger partial charge in [-0.05, 0) is 13.3 Å². The number of nitrogens with zero attached hydrogens (tertiary/aromatic N) is 1. The van der Waals surface area contributed by atoms with Crippen molar-refractivity contribution in [1.82, 2.24) is 4.90 Å². The van der Waals surface area contributed by atoms with Gasteiger partial charge in [-0.1, -0.05) is 34.6 Å². The van der Waals surface area contributed by atoms with Crippen molar-refractivity contribution in [3.05, 3.63) is 0 Å². The number of carbonyl (C=O) groups is 2. The topological polar surface area (TPSA) is 37.4 Å². The molecule has 1 atom stereocenters. The molecule has 0 saturated carbocycles. The molecule has 0 N–H and O–H groups in total. The second-order valence-electron chi connectivity index (χ2n) is 6.61. The van der Waals surface area contributed by atoms with Gasteiger partial charge in [-0.2, -0.15) is 12.6 Å². The molecular formula is C14H27NO2S. The van der Waals surface area contributed by atoms with E-state index in [1.54, 1.807) is 18.9 Å². The normalized spacial score (nSPS) is 14.2. The highest BCUT2D eigenvalue weighted by Crippen LogP contribution is 2.22. The number of hydrogen-bond acceptors (Lipinski definition) is 3. The first-order valence-electron chi connectivity index (χ1n) is 6.38. The van der Waals surface area contributed by atoms with Crippen LogP contribution in [0.1, 0.15) is 54.4 Å². The van der Waals surface area contributed by atoms with E-state index in [0.717, 1.165) is 0 Å². The van der Waals surface area contributed by atoms with Crippen molar-refractivity contribution < 1.29 is 9.59 Å². The zero-order valence-corrected chi connectivity index (χ0v) is 13.6. The van der Waals surface area contributed by atoms with E-state index in [2.05, 4.69) is 12.6 Å². The van der Waals surface area contributed by atoms with Crippen molar-refractivity contribution in [2.45, 2.75) is 65.2 Å². The van der Waals surface area contributed by atoms with Crippen molar-refractivity contribution in [3.63, 3.8) is 0 Å². The summed E-state index contributed by atoms with van der Waals surface area (Å²) in [5, 5.41) is 0.